The first-order valence-corrected chi connectivity index (χ1v) is 5.58. The van der Waals surface area contributed by atoms with E-state index in [0.29, 0.717) is 12.1 Å². The van der Waals surface area contributed by atoms with Gasteiger partial charge in [0.2, 0.25) is 0 Å². The zero-order chi connectivity index (χ0) is 11.1. The number of rotatable bonds is 6. The number of β-amino-alcohol motifs (C(OH)–C–C–N with tert-alkyl or cyclic N) is 1. The van der Waals surface area contributed by atoms with Crippen LogP contribution in [0.4, 0.5) is 0 Å². The summed E-state index contributed by atoms with van der Waals surface area (Å²) >= 11 is 0. The molecule has 0 fully saturated rings. The van der Waals surface area contributed by atoms with E-state index in [-0.39, 0.29) is 6.61 Å². The minimum absolute atomic E-state index is 0.217. The highest BCUT2D eigenvalue weighted by Gasteiger charge is 2.24. The Balaban J connectivity index is 2.68. The van der Waals surface area contributed by atoms with Crippen molar-refractivity contribution in [3.8, 4) is 0 Å². The van der Waals surface area contributed by atoms with E-state index >= 15 is 0 Å². The van der Waals surface area contributed by atoms with E-state index in [1.54, 1.807) is 0 Å². The molecular formula is C13H21NO. The highest BCUT2D eigenvalue weighted by Crippen LogP contribution is 2.21. The highest BCUT2D eigenvalue weighted by atomic mass is 16.3. The summed E-state index contributed by atoms with van der Waals surface area (Å²) in [7, 11) is 0. The van der Waals surface area contributed by atoms with Crippen molar-refractivity contribution in [2.75, 3.05) is 13.2 Å². The molecule has 1 aliphatic heterocycles. The van der Waals surface area contributed by atoms with Crippen LogP contribution in [-0.2, 0) is 0 Å². The van der Waals surface area contributed by atoms with Crippen molar-refractivity contribution in [2.24, 2.45) is 0 Å². The van der Waals surface area contributed by atoms with Gasteiger partial charge in [0, 0.05) is 18.6 Å². The van der Waals surface area contributed by atoms with Crippen LogP contribution < -0.4 is 0 Å². The number of hydrogen-bond donors (Lipinski definition) is 1. The van der Waals surface area contributed by atoms with Gasteiger partial charge in [-0.05, 0) is 19.3 Å². The van der Waals surface area contributed by atoms with E-state index in [1.807, 2.05) is 12.2 Å². The maximum Gasteiger partial charge on any atom is 0.0558 e. The summed E-state index contributed by atoms with van der Waals surface area (Å²) in [5, 5.41) is 9.07. The highest BCUT2D eigenvalue weighted by molar-refractivity contribution is 5.06. The first-order chi connectivity index (χ1) is 7.33. The summed E-state index contributed by atoms with van der Waals surface area (Å²) in [5.74, 6) is 0. The molecule has 0 aromatic rings. The fourth-order valence-electron chi connectivity index (χ4n) is 2.18. The molecule has 0 saturated carbocycles. The van der Waals surface area contributed by atoms with Gasteiger partial charge in [0.25, 0.3) is 0 Å². The molecule has 2 unspecified atom stereocenters. The van der Waals surface area contributed by atoms with E-state index < -0.39 is 0 Å². The molecule has 2 atom stereocenters. The van der Waals surface area contributed by atoms with Crippen LogP contribution >= 0.6 is 0 Å². The van der Waals surface area contributed by atoms with Gasteiger partial charge in [0.05, 0.1) is 6.61 Å². The van der Waals surface area contributed by atoms with E-state index in [2.05, 4.69) is 30.2 Å². The van der Waals surface area contributed by atoms with Crippen LogP contribution in [0, 0.1) is 0 Å². The average molecular weight is 207 g/mol. The molecule has 0 bridgehead atoms. The minimum Gasteiger partial charge on any atom is -0.395 e. The Morgan fingerprint density at radius 1 is 1.33 bits per heavy atom. The van der Waals surface area contributed by atoms with E-state index in [9.17, 15) is 0 Å². The van der Waals surface area contributed by atoms with Gasteiger partial charge in [-0.25, -0.2) is 0 Å². The Morgan fingerprint density at radius 2 is 2.07 bits per heavy atom. The van der Waals surface area contributed by atoms with Gasteiger partial charge in [-0.3, -0.25) is 4.90 Å². The zero-order valence-electron chi connectivity index (χ0n) is 9.31. The quantitative estimate of drug-likeness (QED) is 0.674. The predicted octanol–water partition coefficient (Wildman–Crippen LogP) is 2.13. The summed E-state index contributed by atoms with van der Waals surface area (Å²) < 4.78 is 0. The third kappa shape index (κ3) is 3.33. The summed E-state index contributed by atoms with van der Waals surface area (Å²) in [6.07, 6.45) is 11.3. The van der Waals surface area contributed by atoms with Crippen LogP contribution in [0.1, 0.15) is 19.3 Å². The molecule has 1 heterocycles. The Kier molecular flexibility index (Phi) is 5.37. The van der Waals surface area contributed by atoms with Gasteiger partial charge in [-0.2, -0.15) is 0 Å². The molecule has 0 aromatic carbocycles. The van der Waals surface area contributed by atoms with Crippen LogP contribution in [0.5, 0.6) is 0 Å². The van der Waals surface area contributed by atoms with Crippen molar-refractivity contribution in [3.05, 3.63) is 37.5 Å². The maximum atomic E-state index is 9.07. The summed E-state index contributed by atoms with van der Waals surface area (Å²) in [5.41, 5.74) is 0. The summed E-state index contributed by atoms with van der Waals surface area (Å²) in [6, 6.07) is 0.887. The second-order valence-corrected chi connectivity index (χ2v) is 3.90. The average Bonchev–Trinajstić information content (AvgIpc) is 2.23. The van der Waals surface area contributed by atoms with Gasteiger partial charge < -0.3 is 5.11 Å². The van der Waals surface area contributed by atoms with Crippen molar-refractivity contribution in [1.29, 1.82) is 0 Å². The molecule has 1 N–H and O–H groups in total. The predicted molar refractivity (Wildman–Crippen MR) is 64.8 cm³/mol. The molecule has 0 aromatic heterocycles. The maximum absolute atomic E-state index is 9.07. The van der Waals surface area contributed by atoms with Crippen molar-refractivity contribution >= 4 is 0 Å². The topological polar surface area (TPSA) is 23.5 Å². The number of hydrogen-bond acceptors (Lipinski definition) is 2. The first-order valence-electron chi connectivity index (χ1n) is 5.58. The van der Waals surface area contributed by atoms with Gasteiger partial charge in [-0.15, -0.1) is 13.2 Å². The fourth-order valence-corrected chi connectivity index (χ4v) is 2.18. The van der Waals surface area contributed by atoms with Crippen molar-refractivity contribution in [2.45, 2.75) is 31.3 Å². The van der Waals surface area contributed by atoms with E-state index in [1.165, 1.54) is 0 Å². The molecule has 0 aliphatic carbocycles. The monoisotopic (exact) mass is 207 g/mol. The second-order valence-electron chi connectivity index (χ2n) is 3.90. The molecule has 0 radical (unpaired) electrons. The molecule has 1 rings (SSSR count). The second kappa shape index (κ2) is 6.59. The first kappa shape index (κ1) is 12.2. The molecule has 84 valence electrons. The Bertz CT molecular complexity index is 235. The number of nitrogens with zero attached hydrogens (tertiary/aromatic N) is 1. The van der Waals surface area contributed by atoms with Crippen molar-refractivity contribution in [3.63, 3.8) is 0 Å². The largest absolute Gasteiger partial charge is 0.395 e. The Morgan fingerprint density at radius 3 is 2.67 bits per heavy atom. The van der Waals surface area contributed by atoms with Gasteiger partial charge >= 0.3 is 0 Å². The van der Waals surface area contributed by atoms with Gasteiger partial charge in [0.15, 0.2) is 0 Å². The van der Waals surface area contributed by atoms with E-state index in [0.717, 1.165) is 25.8 Å². The van der Waals surface area contributed by atoms with Crippen molar-refractivity contribution in [1.82, 2.24) is 4.90 Å². The van der Waals surface area contributed by atoms with Crippen LogP contribution in [-0.4, -0.2) is 35.2 Å². The smallest absolute Gasteiger partial charge is 0.0558 e. The van der Waals surface area contributed by atoms with Crippen LogP contribution in [0.2, 0.25) is 0 Å². The third-order valence-corrected chi connectivity index (χ3v) is 2.87. The number of aliphatic hydroxyl groups excluding tert-OH is 1. The molecule has 0 spiro atoms. The van der Waals surface area contributed by atoms with Crippen LogP contribution in [0.15, 0.2) is 37.5 Å². The molecule has 1 aliphatic rings. The fraction of sp³-hybridized carbons (Fsp3) is 0.538. The van der Waals surface area contributed by atoms with Crippen molar-refractivity contribution < 1.29 is 5.11 Å². The van der Waals surface area contributed by atoms with Crippen LogP contribution in [0.3, 0.4) is 0 Å². The van der Waals surface area contributed by atoms with Crippen LogP contribution in [0.25, 0.3) is 0 Å². The molecule has 15 heavy (non-hydrogen) atoms. The number of aliphatic hydroxyl groups is 1. The lowest BCUT2D eigenvalue weighted by Crippen LogP contribution is -2.45. The SMILES string of the molecule is C=CCC1C=CCC(CC=C)N1CCO. The standard InChI is InChI=1S/C13H21NO/c1-3-6-12-8-5-9-13(7-4-2)14(12)10-11-15/h3-5,8,12-13,15H,1-2,6-7,9-11H2. The molecule has 0 amide bonds. The minimum atomic E-state index is 0.217. The van der Waals surface area contributed by atoms with Gasteiger partial charge in [0.1, 0.15) is 0 Å². The molecule has 0 saturated heterocycles. The lowest BCUT2D eigenvalue weighted by Gasteiger charge is -2.38. The molecular weight excluding hydrogens is 186 g/mol. The molecule has 2 nitrogen and oxygen atoms in total. The summed E-state index contributed by atoms with van der Waals surface area (Å²) in [6.45, 7) is 8.52. The Hall–Kier alpha value is -0.860. The zero-order valence-corrected chi connectivity index (χ0v) is 9.31. The van der Waals surface area contributed by atoms with E-state index in [4.69, 9.17) is 5.11 Å². The lowest BCUT2D eigenvalue weighted by molar-refractivity contribution is 0.117. The summed E-state index contributed by atoms with van der Waals surface area (Å²) in [4.78, 5) is 2.35. The molecule has 2 heteroatoms. The lowest BCUT2D eigenvalue weighted by atomic mass is 9.98. The third-order valence-electron chi connectivity index (χ3n) is 2.87. The normalized spacial score (nSPS) is 26.5. The van der Waals surface area contributed by atoms with Gasteiger partial charge in [-0.1, -0.05) is 24.3 Å². The Labute approximate surface area is 92.6 Å².